The minimum absolute atomic E-state index is 0.0775. The predicted molar refractivity (Wildman–Crippen MR) is 57.5 cm³/mol. The number of aliphatic imine (C=N–C) groups is 1. The Morgan fingerprint density at radius 1 is 1.73 bits per heavy atom. The molecule has 1 atom stereocenters. The average molecular weight is 214 g/mol. The van der Waals surface area contributed by atoms with Crippen molar-refractivity contribution in [3.63, 3.8) is 0 Å². The predicted octanol–water partition coefficient (Wildman–Crippen LogP) is -1.23. The van der Waals surface area contributed by atoms with Gasteiger partial charge in [-0.1, -0.05) is 0 Å². The summed E-state index contributed by atoms with van der Waals surface area (Å²) in [6.07, 6.45) is 0.160. The highest BCUT2D eigenvalue weighted by atomic mass is 16.5. The largest absolute Gasteiger partial charge is 0.375 e. The van der Waals surface area contributed by atoms with Gasteiger partial charge in [0.15, 0.2) is 5.96 Å². The Balaban J connectivity index is 2.44. The molecule has 1 fully saturated rings. The van der Waals surface area contributed by atoms with E-state index in [1.165, 1.54) is 0 Å². The van der Waals surface area contributed by atoms with E-state index in [-0.39, 0.29) is 18.6 Å². The second-order valence-corrected chi connectivity index (χ2v) is 3.48. The Labute approximate surface area is 89.5 Å². The van der Waals surface area contributed by atoms with Gasteiger partial charge in [-0.3, -0.25) is 4.79 Å². The molecule has 0 aromatic rings. The standard InChI is InChI=1S/C9H18N4O2/c1-7-6-13(3-4-15-7)9(10)12-5-8(14)11-2/h7H,3-6H2,1-2H3,(H2,10,12)(H,11,14). The molecule has 1 amide bonds. The van der Waals surface area contributed by atoms with Gasteiger partial charge in [-0.15, -0.1) is 0 Å². The van der Waals surface area contributed by atoms with Crippen molar-refractivity contribution in [3.8, 4) is 0 Å². The fourth-order valence-electron chi connectivity index (χ4n) is 1.36. The number of guanidine groups is 1. The molecule has 1 heterocycles. The first kappa shape index (κ1) is 11.8. The lowest BCUT2D eigenvalue weighted by atomic mass is 10.3. The SMILES string of the molecule is CNC(=O)CN=C(N)N1CCOC(C)C1. The van der Waals surface area contributed by atoms with E-state index >= 15 is 0 Å². The molecule has 3 N–H and O–H groups in total. The van der Waals surface area contributed by atoms with Gasteiger partial charge in [0, 0.05) is 20.1 Å². The van der Waals surface area contributed by atoms with E-state index < -0.39 is 0 Å². The molecule has 1 rings (SSSR count). The second-order valence-electron chi connectivity index (χ2n) is 3.48. The van der Waals surface area contributed by atoms with Crippen molar-refractivity contribution in [2.45, 2.75) is 13.0 Å². The molecule has 1 unspecified atom stereocenters. The maximum atomic E-state index is 10.9. The third kappa shape index (κ3) is 3.75. The molecule has 6 heteroatoms. The van der Waals surface area contributed by atoms with E-state index in [1.54, 1.807) is 7.05 Å². The molecule has 0 bridgehead atoms. The van der Waals surface area contributed by atoms with Crippen LogP contribution in [0.2, 0.25) is 0 Å². The zero-order valence-electron chi connectivity index (χ0n) is 9.19. The molecule has 1 saturated heterocycles. The van der Waals surface area contributed by atoms with Crippen LogP contribution < -0.4 is 11.1 Å². The smallest absolute Gasteiger partial charge is 0.241 e. The van der Waals surface area contributed by atoms with Gasteiger partial charge in [0.05, 0.1) is 12.7 Å². The normalized spacial score (nSPS) is 22.7. The molecule has 0 aromatic carbocycles. The zero-order valence-corrected chi connectivity index (χ0v) is 9.19. The number of amides is 1. The summed E-state index contributed by atoms with van der Waals surface area (Å²) in [6, 6.07) is 0. The van der Waals surface area contributed by atoms with Crippen LogP contribution in [0, 0.1) is 0 Å². The number of hydrogen-bond donors (Lipinski definition) is 2. The van der Waals surface area contributed by atoms with Crippen molar-refractivity contribution in [3.05, 3.63) is 0 Å². The summed E-state index contributed by atoms with van der Waals surface area (Å²) in [5, 5.41) is 2.49. The van der Waals surface area contributed by atoms with Crippen LogP contribution in [-0.4, -0.2) is 56.2 Å². The van der Waals surface area contributed by atoms with Gasteiger partial charge >= 0.3 is 0 Å². The molecule has 1 aliphatic rings. The van der Waals surface area contributed by atoms with Gasteiger partial charge in [0.2, 0.25) is 5.91 Å². The van der Waals surface area contributed by atoms with Gasteiger partial charge in [-0.2, -0.15) is 0 Å². The zero-order chi connectivity index (χ0) is 11.3. The van der Waals surface area contributed by atoms with Crippen LogP contribution in [0.5, 0.6) is 0 Å². The molecule has 1 aliphatic heterocycles. The number of nitrogens with one attached hydrogen (secondary N) is 1. The quantitative estimate of drug-likeness (QED) is 0.445. The fourth-order valence-corrected chi connectivity index (χ4v) is 1.36. The van der Waals surface area contributed by atoms with Crippen molar-refractivity contribution in [2.24, 2.45) is 10.7 Å². The van der Waals surface area contributed by atoms with Crippen molar-refractivity contribution in [2.75, 3.05) is 33.3 Å². The molecule has 0 spiro atoms. The molecular weight excluding hydrogens is 196 g/mol. The fraction of sp³-hybridized carbons (Fsp3) is 0.778. The Kier molecular flexibility index (Phi) is 4.36. The molecule has 86 valence electrons. The Hall–Kier alpha value is -1.30. The monoisotopic (exact) mass is 214 g/mol. The second kappa shape index (κ2) is 5.55. The van der Waals surface area contributed by atoms with Gasteiger partial charge in [-0.05, 0) is 6.92 Å². The van der Waals surface area contributed by atoms with Crippen molar-refractivity contribution in [1.29, 1.82) is 0 Å². The lowest BCUT2D eigenvalue weighted by Gasteiger charge is -2.31. The van der Waals surface area contributed by atoms with E-state index in [1.807, 2.05) is 11.8 Å². The van der Waals surface area contributed by atoms with Gasteiger partial charge in [-0.25, -0.2) is 4.99 Å². The van der Waals surface area contributed by atoms with Crippen LogP contribution in [0.25, 0.3) is 0 Å². The summed E-state index contributed by atoms with van der Waals surface area (Å²) < 4.78 is 5.37. The summed E-state index contributed by atoms with van der Waals surface area (Å²) in [7, 11) is 1.57. The number of hydrogen-bond acceptors (Lipinski definition) is 3. The highest BCUT2D eigenvalue weighted by molar-refractivity contribution is 5.83. The number of ether oxygens (including phenoxy) is 1. The highest BCUT2D eigenvalue weighted by Crippen LogP contribution is 2.03. The third-order valence-corrected chi connectivity index (χ3v) is 2.23. The van der Waals surface area contributed by atoms with Gasteiger partial charge < -0.3 is 20.7 Å². The van der Waals surface area contributed by atoms with Gasteiger partial charge in [0.1, 0.15) is 6.54 Å². The van der Waals surface area contributed by atoms with E-state index in [0.717, 1.165) is 13.1 Å². The maximum Gasteiger partial charge on any atom is 0.241 e. The van der Waals surface area contributed by atoms with Crippen molar-refractivity contribution < 1.29 is 9.53 Å². The molecule has 6 nitrogen and oxygen atoms in total. The first-order chi connectivity index (χ1) is 7.13. The van der Waals surface area contributed by atoms with Crippen molar-refractivity contribution >= 4 is 11.9 Å². The average Bonchev–Trinajstić information content (AvgIpc) is 2.25. The number of rotatable bonds is 2. The van der Waals surface area contributed by atoms with Crippen LogP contribution in [0.3, 0.4) is 0 Å². The first-order valence-electron chi connectivity index (χ1n) is 5.00. The third-order valence-electron chi connectivity index (χ3n) is 2.23. The summed E-state index contributed by atoms with van der Waals surface area (Å²) in [6.45, 7) is 4.17. The molecular formula is C9H18N4O2. The van der Waals surface area contributed by atoms with E-state index in [4.69, 9.17) is 10.5 Å². The molecule has 0 aliphatic carbocycles. The van der Waals surface area contributed by atoms with Crippen LogP contribution in [0.1, 0.15) is 6.92 Å². The first-order valence-corrected chi connectivity index (χ1v) is 5.00. The number of morpholine rings is 1. The minimum atomic E-state index is -0.140. The molecule has 15 heavy (non-hydrogen) atoms. The lowest BCUT2D eigenvalue weighted by molar-refractivity contribution is -0.119. The maximum absolute atomic E-state index is 10.9. The van der Waals surface area contributed by atoms with E-state index in [9.17, 15) is 4.79 Å². The molecule has 0 aromatic heterocycles. The van der Waals surface area contributed by atoms with Gasteiger partial charge in [0.25, 0.3) is 0 Å². The molecule has 0 saturated carbocycles. The summed E-state index contributed by atoms with van der Waals surface area (Å²) in [5.41, 5.74) is 5.75. The Morgan fingerprint density at radius 2 is 2.47 bits per heavy atom. The molecule has 0 radical (unpaired) electrons. The summed E-state index contributed by atoms with van der Waals surface area (Å²) in [4.78, 5) is 16.9. The minimum Gasteiger partial charge on any atom is -0.375 e. The van der Waals surface area contributed by atoms with Crippen molar-refractivity contribution in [1.82, 2.24) is 10.2 Å². The van der Waals surface area contributed by atoms with Crippen LogP contribution in [0.4, 0.5) is 0 Å². The van der Waals surface area contributed by atoms with E-state index in [2.05, 4.69) is 10.3 Å². The number of nitrogens with zero attached hydrogens (tertiary/aromatic N) is 2. The number of carbonyl (C=O) groups is 1. The summed E-state index contributed by atoms with van der Waals surface area (Å²) in [5.74, 6) is 0.271. The van der Waals surface area contributed by atoms with E-state index in [0.29, 0.717) is 12.6 Å². The van der Waals surface area contributed by atoms with Crippen LogP contribution >= 0.6 is 0 Å². The number of nitrogens with two attached hydrogens (primary N) is 1. The Bertz CT molecular complexity index is 254. The topological polar surface area (TPSA) is 80.0 Å². The Morgan fingerprint density at radius 3 is 3.07 bits per heavy atom. The van der Waals surface area contributed by atoms with Crippen LogP contribution in [-0.2, 0) is 9.53 Å². The number of likely N-dealkylation sites (N-methyl/N-ethyl adjacent to an activating group) is 1. The van der Waals surface area contributed by atoms with Crippen LogP contribution in [0.15, 0.2) is 4.99 Å². The lowest BCUT2D eigenvalue weighted by Crippen LogP contribution is -2.48. The summed E-state index contributed by atoms with van der Waals surface area (Å²) >= 11 is 0. The highest BCUT2D eigenvalue weighted by Gasteiger charge is 2.17. The number of carbonyl (C=O) groups excluding carboxylic acids is 1.